The summed E-state index contributed by atoms with van der Waals surface area (Å²) in [6.45, 7) is 0. The Morgan fingerprint density at radius 3 is 2.46 bits per heavy atom. The molecule has 0 atom stereocenters. The molecule has 1 aromatic rings. The van der Waals surface area contributed by atoms with Gasteiger partial charge in [0.05, 0.1) is 0 Å². The monoisotopic (exact) mass is 259 g/mol. The lowest BCUT2D eigenvalue weighted by Gasteiger charge is -2.08. The fraction of sp³-hybridized carbons (Fsp3) is 0.500. The summed E-state index contributed by atoms with van der Waals surface area (Å²) in [4.78, 5) is 11.5. The maximum Gasteiger partial charge on any atom is 0.250 e. The molecule has 3 nitrogen and oxygen atoms in total. The summed E-state index contributed by atoms with van der Waals surface area (Å²) in [5, 5.41) is 0. The van der Waals surface area contributed by atoms with Gasteiger partial charge in [-0.05, 0) is 0 Å². The highest BCUT2D eigenvalue weighted by Gasteiger charge is 2.26. The van der Waals surface area contributed by atoms with Crippen molar-refractivity contribution in [2.45, 2.75) is 10.2 Å². The Balaban J connectivity index is 2.92. The molecule has 0 amide bonds. The molecule has 0 unspecified atom stereocenters. The van der Waals surface area contributed by atoms with Crippen LogP contribution in [0.15, 0.2) is 6.33 Å². The van der Waals surface area contributed by atoms with Crippen molar-refractivity contribution in [3.8, 4) is 0 Å². The van der Waals surface area contributed by atoms with Gasteiger partial charge in [0.15, 0.2) is 5.82 Å². The highest BCUT2D eigenvalue weighted by molar-refractivity contribution is 6.66. The van der Waals surface area contributed by atoms with E-state index in [0.717, 1.165) is 0 Å². The number of alkyl halides is 4. The Hall–Kier alpha value is 0.170. The first-order valence-electron chi connectivity index (χ1n) is 3.35. The quantitative estimate of drug-likeness (QED) is 0.767. The minimum atomic E-state index is -1.61. The number of aromatic nitrogens is 3. The second kappa shape index (κ2) is 4.60. The molecule has 0 aliphatic heterocycles. The molecule has 7 heteroatoms. The van der Waals surface area contributed by atoms with E-state index in [4.69, 9.17) is 46.4 Å². The fourth-order valence-electron chi connectivity index (χ4n) is 0.672. The Bertz CT molecular complexity index is 285. The summed E-state index contributed by atoms with van der Waals surface area (Å²) < 4.78 is -1.61. The van der Waals surface area contributed by atoms with Gasteiger partial charge in [-0.1, -0.05) is 34.8 Å². The van der Waals surface area contributed by atoms with Crippen molar-refractivity contribution < 1.29 is 0 Å². The molecule has 13 heavy (non-hydrogen) atoms. The van der Waals surface area contributed by atoms with Gasteiger partial charge < -0.3 is 0 Å². The van der Waals surface area contributed by atoms with Gasteiger partial charge >= 0.3 is 0 Å². The van der Waals surface area contributed by atoms with Gasteiger partial charge in [0.1, 0.15) is 12.2 Å². The van der Waals surface area contributed by atoms with Gasteiger partial charge in [-0.25, -0.2) is 15.0 Å². The zero-order chi connectivity index (χ0) is 9.90. The van der Waals surface area contributed by atoms with E-state index in [-0.39, 0.29) is 5.82 Å². The Kier molecular flexibility index (Phi) is 3.98. The van der Waals surface area contributed by atoms with E-state index in [1.54, 1.807) is 0 Å². The summed E-state index contributed by atoms with van der Waals surface area (Å²) in [5.41, 5.74) is 0. The molecule has 1 rings (SSSR count). The Morgan fingerprint density at radius 2 is 1.92 bits per heavy atom. The van der Waals surface area contributed by atoms with Crippen molar-refractivity contribution in [1.82, 2.24) is 15.0 Å². The van der Waals surface area contributed by atoms with Crippen molar-refractivity contribution >= 4 is 46.4 Å². The SMILES string of the molecule is ClCCc1ncnc(C(Cl)(Cl)Cl)n1. The first-order chi connectivity index (χ1) is 6.04. The third-order valence-corrected chi connectivity index (χ3v) is 1.89. The van der Waals surface area contributed by atoms with E-state index in [2.05, 4.69) is 15.0 Å². The van der Waals surface area contributed by atoms with Gasteiger partial charge in [-0.2, -0.15) is 0 Å². The third-order valence-electron chi connectivity index (χ3n) is 1.19. The molecule has 0 saturated heterocycles. The van der Waals surface area contributed by atoms with Crippen molar-refractivity contribution in [3.63, 3.8) is 0 Å². The minimum absolute atomic E-state index is 0.118. The largest absolute Gasteiger partial charge is 0.250 e. The number of nitrogens with zero attached hydrogens (tertiary/aromatic N) is 3. The van der Waals surface area contributed by atoms with Crippen molar-refractivity contribution in [2.75, 3.05) is 5.88 Å². The normalized spacial score (nSPS) is 11.7. The number of hydrogen-bond acceptors (Lipinski definition) is 3. The van der Waals surface area contributed by atoms with Gasteiger partial charge in [-0.3, -0.25) is 0 Å². The van der Waals surface area contributed by atoms with Gasteiger partial charge in [0.2, 0.25) is 3.79 Å². The van der Waals surface area contributed by atoms with E-state index in [9.17, 15) is 0 Å². The average Bonchev–Trinajstić information content (AvgIpc) is 2.04. The lowest BCUT2D eigenvalue weighted by atomic mass is 10.4. The minimum Gasteiger partial charge on any atom is -0.221 e. The molecule has 0 aromatic carbocycles. The molecule has 0 aliphatic rings. The smallest absolute Gasteiger partial charge is 0.221 e. The maximum atomic E-state index is 5.58. The van der Waals surface area contributed by atoms with E-state index < -0.39 is 3.79 Å². The molecule has 0 spiro atoms. The van der Waals surface area contributed by atoms with Crippen LogP contribution >= 0.6 is 46.4 Å². The van der Waals surface area contributed by atoms with Crippen LogP contribution in [0, 0.1) is 0 Å². The standard InChI is InChI=1S/C6H5Cl4N3/c7-2-1-4-11-3-12-5(13-4)6(8,9)10/h3H,1-2H2. The third kappa shape index (κ3) is 3.43. The Morgan fingerprint density at radius 1 is 1.23 bits per heavy atom. The first-order valence-corrected chi connectivity index (χ1v) is 5.02. The van der Waals surface area contributed by atoms with Crippen LogP contribution in [0.25, 0.3) is 0 Å². The number of aryl methyl sites for hydroxylation is 1. The van der Waals surface area contributed by atoms with Crippen molar-refractivity contribution in [1.29, 1.82) is 0 Å². The van der Waals surface area contributed by atoms with E-state index in [1.165, 1.54) is 6.33 Å². The zero-order valence-corrected chi connectivity index (χ0v) is 9.37. The van der Waals surface area contributed by atoms with Crippen LogP contribution in [0.2, 0.25) is 0 Å². The second-order valence-electron chi connectivity index (χ2n) is 2.16. The number of halogens is 4. The van der Waals surface area contributed by atoms with E-state index in [0.29, 0.717) is 18.1 Å². The topological polar surface area (TPSA) is 38.7 Å². The molecule has 1 aromatic heterocycles. The van der Waals surface area contributed by atoms with Crippen LogP contribution in [0.3, 0.4) is 0 Å². The van der Waals surface area contributed by atoms with Crippen LogP contribution < -0.4 is 0 Å². The maximum absolute atomic E-state index is 5.58. The molecule has 1 heterocycles. The summed E-state index contributed by atoms with van der Waals surface area (Å²) in [7, 11) is 0. The van der Waals surface area contributed by atoms with Gasteiger partial charge in [-0.15, -0.1) is 11.6 Å². The highest BCUT2D eigenvalue weighted by atomic mass is 35.6. The summed E-state index contributed by atoms with van der Waals surface area (Å²) in [6.07, 6.45) is 1.82. The molecular weight excluding hydrogens is 256 g/mol. The zero-order valence-electron chi connectivity index (χ0n) is 6.35. The molecular formula is C6H5Cl4N3. The average molecular weight is 261 g/mol. The molecule has 0 aliphatic carbocycles. The van der Waals surface area contributed by atoms with Crippen LogP contribution in [0.4, 0.5) is 0 Å². The molecule has 0 fully saturated rings. The summed E-state index contributed by atoms with van der Waals surface area (Å²) in [5.74, 6) is 1.06. The molecule has 0 saturated carbocycles. The molecule has 0 radical (unpaired) electrons. The second-order valence-corrected chi connectivity index (χ2v) is 4.82. The van der Waals surface area contributed by atoms with Crippen molar-refractivity contribution in [3.05, 3.63) is 18.0 Å². The lowest BCUT2D eigenvalue weighted by Crippen LogP contribution is -2.10. The predicted octanol–water partition coefficient (Wildman–Crippen LogP) is 2.48. The van der Waals surface area contributed by atoms with Crippen molar-refractivity contribution in [2.24, 2.45) is 0 Å². The van der Waals surface area contributed by atoms with E-state index in [1.807, 2.05) is 0 Å². The van der Waals surface area contributed by atoms with E-state index >= 15 is 0 Å². The number of hydrogen-bond donors (Lipinski definition) is 0. The molecule has 0 bridgehead atoms. The molecule has 0 N–H and O–H groups in total. The van der Waals surface area contributed by atoms with Gasteiger partial charge in [0.25, 0.3) is 0 Å². The highest BCUT2D eigenvalue weighted by Crippen LogP contribution is 2.35. The number of rotatable bonds is 2. The van der Waals surface area contributed by atoms with Gasteiger partial charge in [0, 0.05) is 12.3 Å². The summed E-state index contributed by atoms with van der Waals surface area (Å²) >= 11 is 22.2. The van der Waals surface area contributed by atoms with Crippen LogP contribution in [0.1, 0.15) is 11.6 Å². The lowest BCUT2D eigenvalue weighted by molar-refractivity contribution is 0.836. The summed E-state index contributed by atoms with van der Waals surface area (Å²) in [6, 6.07) is 0. The van der Waals surface area contributed by atoms with Crippen LogP contribution in [-0.4, -0.2) is 20.8 Å². The first kappa shape index (κ1) is 11.2. The van der Waals surface area contributed by atoms with Crippen LogP contribution in [0.5, 0.6) is 0 Å². The molecule has 72 valence electrons. The Labute approximate surface area is 95.4 Å². The van der Waals surface area contributed by atoms with Crippen LogP contribution in [-0.2, 0) is 10.2 Å². The predicted molar refractivity (Wildman–Crippen MR) is 53.5 cm³/mol. The fourth-order valence-corrected chi connectivity index (χ4v) is 1.11.